The molecule has 15 nitrogen and oxygen atoms in total. The summed E-state index contributed by atoms with van der Waals surface area (Å²) in [6.45, 7) is 15.9. The van der Waals surface area contributed by atoms with E-state index in [1.807, 2.05) is 0 Å². The minimum absolute atomic E-state index is 0.0595. The van der Waals surface area contributed by atoms with Gasteiger partial charge < -0.3 is 63.8 Å². The Morgan fingerprint density at radius 3 is 2.04 bits per heavy atom. The van der Waals surface area contributed by atoms with E-state index in [1.54, 1.807) is 48.5 Å². The summed E-state index contributed by atoms with van der Waals surface area (Å²) < 4.78 is 36.0. The third kappa shape index (κ3) is 9.54. The van der Waals surface area contributed by atoms with Gasteiger partial charge in [0.05, 0.1) is 61.7 Å². The molecule has 3 heterocycles. The zero-order valence-electron chi connectivity index (χ0n) is 33.3. The van der Waals surface area contributed by atoms with Gasteiger partial charge in [-0.2, -0.15) is 0 Å². The molecule has 0 radical (unpaired) electrons. The summed E-state index contributed by atoms with van der Waals surface area (Å²) in [5, 5.41) is 70.7. The molecule has 0 aromatic carbocycles. The third-order valence-corrected chi connectivity index (χ3v) is 12.0. The van der Waals surface area contributed by atoms with Crippen LogP contribution in [0, 0.1) is 28.9 Å². The van der Waals surface area contributed by atoms with E-state index in [1.165, 1.54) is 42.0 Å². The lowest BCUT2D eigenvalue weighted by atomic mass is 9.74. The Morgan fingerprint density at radius 2 is 1.50 bits per heavy atom. The number of nitrogens with zero attached hydrogens (tertiary/aromatic N) is 1. The van der Waals surface area contributed by atoms with Crippen LogP contribution in [0.1, 0.15) is 94.9 Å². The SMILES string of the molecule is CC[C@H]1OC(=O)[C@H](C)[C@@H](O[C@H]2C[C@@](C)(OC)[C@@H](O)[C@H](C)O2)[C@H](C)[C@@H](O[C@@H]2O[C@H](C)C[C@H]([N+](C)(C)[O-])[C@H]2O)[C@](C)(O)C[C@@H](C)C(=O)[C@H](C)[C@@H](O)[C@]1(C)O. The van der Waals surface area contributed by atoms with Crippen molar-refractivity contribution in [1.82, 2.24) is 0 Å². The molecule has 0 saturated carbocycles. The molecular formula is C37H67NO14. The lowest BCUT2D eigenvalue weighted by molar-refractivity contribution is -0.874. The number of rotatable bonds is 7. The van der Waals surface area contributed by atoms with E-state index in [4.69, 9.17) is 28.4 Å². The van der Waals surface area contributed by atoms with Gasteiger partial charge in [-0.05, 0) is 54.4 Å². The first-order valence-corrected chi connectivity index (χ1v) is 18.7. The van der Waals surface area contributed by atoms with E-state index in [0.717, 1.165) is 0 Å². The lowest BCUT2D eigenvalue weighted by Crippen LogP contribution is -2.63. The van der Waals surface area contributed by atoms with Crippen LogP contribution in [0.5, 0.6) is 0 Å². The molecule has 5 N–H and O–H groups in total. The van der Waals surface area contributed by atoms with E-state index < -0.39 is 124 Å². The van der Waals surface area contributed by atoms with Crippen LogP contribution in [0.4, 0.5) is 0 Å². The monoisotopic (exact) mass is 749 g/mol. The van der Waals surface area contributed by atoms with E-state index >= 15 is 0 Å². The van der Waals surface area contributed by atoms with Crippen LogP contribution in [-0.4, -0.2) is 147 Å². The number of hydroxylamine groups is 3. The summed E-state index contributed by atoms with van der Waals surface area (Å²) >= 11 is 0. The first-order valence-electron chi connectivity index (χ1n) is 18.7. The maximum atomic E-state index is 14.1. The van der Waals surface area contributed by atoms with E-state index in [9.17, 15) is 40.3 Å². The Hall–Kier alpha value is -1.34. The van der Waals surface area contributed by atoms with Gasteiger partial charge in [0.15, 0.2) is 18.7 Å². The Bertz CT molecular complexity index is 1210. The van der Waals surface area contributed by atoms with Crippen LogP contribution >= 0.6 is 0 Å². The number of cyclic esters (lactones) is 1. The summed E-state index contributed by atoms with van der Waals surface area (Å²) in [6.07, 6.45) is -11.1. The van der Waals surface area contributed by atoms with Crippen LogP contribution in [0.2, 0.25) is 0 Å². The van der Waals surface area contributed by atoms with E-state index in [-0.39, 0.29) is 25.7 Å². The quantitative estimate of drug-likeness (QED) is 0.143. The molecule has 15 heteroatoms. The highest BCUT2D eigenvalue weighted by Gasteiger charge is 2.54. The average molecular weight is 750 g/mol. The van der Waals surface area contributed by atoms with Gasteiger partial charge >= 0.3 is 5.97 Å². The molecule has 0 spiro atoms. The van der Waals surface area contributed by atoms with Crippen molar-refractivity contribution < 1.29 is 68.2 Å². The number of hydrogen-bond acceptors (Lipinski definition) is 14. The molecule has 0 aliphatic carbocycles. The van der Waals surface area contributed by atoms with Crippen molar-refractivity contribution >= 4 is 11.8 Å². The van der Waals surface area contributed by atoms with Gasteiger partial charge in [-0.15, -0.1) is 0 Å². The number of likely N-dealkylation sites (N-methyl/N-ethyl adjacent to an activating group) is 1. The second kappa shape index (κ2) is 16.8. The van der Waals surface area contributed by atoms with Gasteiger partial charge in [-0.1, -0.05) is 27.7 Å². The molecule has 0 bridgehead atoms. The number of quaternary nitrogens is 1. The van der Waals surface area contributed by atoms with Gasteiger partial charge in [-0.3, -0.25) is 9.59 Å². The molecule has 304 valence electrons. The van der Waals surface area contributed by atoms with Crippen molar-refractivity contribution in [2.45, 2.75) is 179 Å². The Morgan fingerprint density at radius 1 is 0.904 bits per heavy atom. The van der Waals surface area contributed by atoms with Crippen molar-refractivity contribution in [3.63, 3.8) is 0 Å². The molecule has 52 heavy (non-hydrogen) atoms. The van der Waals surface area contributed by atoms with Gasteiger partial charge in [-0.25, -0.2) is 0 Å². The number of carbonyl (C=O) groups is 2. The minimum atomic E-state index is -2.02. The zero-order chi connectivity index (χ0) is 39.9. The Labute approximate surface area is 309 Å². The number of aliphatic hydroxyl groups is 5. The third-order valence-electron chi connectivity index (χ3n) is 12.0. The second-order valence-corrected chi connectivity index (χ2v) is 16.9. The minimum Gasteiger partial charge on any atom is -0.633 e. The van der Waals surface area contributed by atoms with Crippen LogP contribution < -0.4 is 0 Å². The van der Waals surface area contributed by atoms with Crippen molar-refractivity contribution in [3.05, 3.63) is 5.21 Å². The van der Waals surface area contributed by atoms with Gasteiger partial charge in [0.25, 0.3) is 0 Å². The highest BCUT2D eigenvalue weighted by Crippen LogP contribution is 2.41. The molecule has 3 aliphatic rings. The average Bonchev–Trinajstić information content (AvgIpc) is 3.05. The summed E-state index contributed by atoms with van der Waals surface area (Å²) in [5.41, 5.74) is -4.98. The molecule has 0 aromatic heterocycles. The highest BCUT2D eigenvalue weighted by molar-refractivity contribution is 5.83. The molecule has 3 saturated heterocycles. The number of methoxy groups -OCH3 is 1. The largest absolute Gasteiger partial charge is 0.633 e. The molecule has 3 aliphatic heterocycles. The van der Waals surface area contributed by atoms with Crippen molar-refractivity contribution in [3.8, 4) is 0 Å². The van der Waals surface area contributed by atoms with E-state index in [2.05, 4.69) is 0 Å². The molecule has 3 fully saturated rings. The van der Waals surface area contributed by atoms with Gasteiger partial charge in [0.1, 0.15) is 29.6 Å². The summed E-state index contributed by atoms with van der Waals surface area (Å²) in [7, 11) is 4.30. The maximum absolute atomic E-state index is 14.1. The van der Waals surface area contributed by atoms with Crippen LogP contribution in [0.15, 0.2) is 0 Å². The number of aliphatic hydroxyl groups excluding tert-OH is 3. The van der Waals surface area contributed by atoms with Gasteiger partial charge in [0, 0.05) is 37.7 Å². The predicted octanol–water partition coefficient (Wildman–Crippen LogP) is 1.80. The molecule has 0 unspecified atom stereocenters. The number of ether oxygens (including phenoxy) is 6. The molecule has 18 atom stereocenters. The number of carbonyl (C=O) groups excluding carboxylic acids is 2. The molecule has 3 rings (SSSR count). The fourth-order valence-corrected chi connectivity index (χ4v) is 8.52. The Kier molecular flexibility index (Phi) is 14.6. The van der Waals surface area contributed by atoms with Crippen LogP contribution in [-0.2, 0) is 38.0 Å². The molecular weight excluding hydrogens is 682 g/mol. The first-order chi connectivity index (χ1) is 23.7. The smallest absolute Gasteiger partial charge is 0.311 e. The first kappa shape index (κ1) is 45.1. The number of Topliss-reactive ketones (excluding diaryl/α,β-unsaturated/α-hetero) is 1. The van der Waals surface area contributed by atoms with E-state index in [0.29, 0.717) is 0 Å². The second-order valence-electron chi connectivity index (χ2n) is 16.9. The topological polar surface area (TPSA) is 214 Å². The zero-order valence-corrected chi connectivity index (χ0v) is 33.3. The number of hydrogen-bond donors (Lipinski definition) is 5. The van der Waals surface area contributed by atoms with Crippen molar-refractivity contribution in [2.75, 3.05) is 21.2 Å². The number of ketones is 1. The van der Waals surface area contributed by atoms with Crippen molar-refractivity contribution in [2.24, 2.45) is 23.7 Å². The normalized spacial score (nSPS) is 49.2. The molecule has 0 amide bonds. The van der Waals surface area contributed by atoms with Gasteiger partial charge in [0.2, 0.25) is 0 Å². The Balaban J connectivity index is 2.20. The van der Waals surface area contributed by atoms with Crippen LogP contribution in [0.25, 0.3) is 0 Å². The predicted molar refractivity (Wildman–Crippen MR) is 188 cm³/mol. The summed E-state index contributed by atoms with van der Waals surface area (Å²) in [6, 6.07) is -0.828. The fourth-order valence-electron chi connectivity index (χ4n) is 8.52. The highest BCUT2D eigenvalue weighted by atomic mass is 16.7. The molecule has 0 aromatic rings. The summed E-state index contributed by atoms with van der Waals surface area (Å²) in [5.74, 6) is -5.27. The summed E-state index contributed by atoms with van der Waals surface area (Å²) in [4.78, 5) is 27.9. The standard InChI is InChI=1S/C37H67NO14/c1-14-25-37(10,45)30(41)20(4)27(39)18(2)16-35(8,44)32(52-34-28(40)24(38(11,12)46)15-19(3)48-34)21(5)29(22(6)33(43)50-25)51-26-17-36(9,47-13)31(42)23(7)49-26/h18-26,28-32,34,40-42,44-45H,14-17H2,1-13H3/t18-,19-,20+,21+,22-,23+,24+,25-,26+,28-,29+,30-,31+,32-,34+,35-,36-,37-/m1/s1. The maximum Gasteiger partial charge on any atom is 0.311 e. The fraction of sp³-hybridized carbons (Fsp3) is 0.946. The van der Waals surface area contributed by atoms with Crippen molar-refractivity contribution in [1.29, 1.82) is 0 Å². The lowest BCUT2D eigenvalue weighted by Gasteiger charge is -2.51. The number of esters is 1. The van der Waals surface area contributed by atoms with Crippen LogP contribution in [0.3, 0.4) is 0 Å².